The van der Waals surface area contributed by atoms with Crippen molar-refractivity contribution in [3.05, 3.63) is 187 Å². The van der Waals surface area contributed by atoms with E-state index in [1.807, 2.05) is 24.3 Å². The van der Waals surface area contributed by atoms with Crippen molar-refractivity contribution in [2.75, 3.05) is 0 Å². The van der Waals surface area contributed by atoms with Crippen molar-refractivity contribution in [1.82, 2.24) is 13.7 Å². The van der Waals surface area contributed by atoms with Gasteiger partial charge in [-0.3, -0.25) is 0 Å². The largest absolute Gasteiger partial charge is 0.309 e. The van der Waals surface area contributed by atoms with Crippen LogP contribution >= 0.6 is 0 Å². The van der Waals surface area contributed by atoms with Crippen LogP contribution in [0, 0.1) is 22.7 Å². The SMILES string of the molecule is N#Cc1cc(-c2cccc(-n3c4ccccc4c4c(-n5c6ccccc6c6cc(C#N)ccc65)cccc43)c2)cc(-n2c3ccccc3c3ccccc32)c1. The molecule has 0 atom stereocenters. The average Bonchev–Trinajstić information content (AvgIpc) is 3.89. The molecule has 0 unspecified atom stereocenters. The van der Waals surface area contributed by atoms with Gasteiger partial charge in [-0.15, -0.1) is 0 Å². The van der Waals surface area contributed by atoms with Gasteiger partial charge < -0.3 is 13.7 Å². The zero-order valence-electron chi connectivity index (χ0n) is 29.5. The summed E-state index contributed by atoms with van der Waals surface area (Å²) in [4.78, 5) is 0. The highest BCUT2D eigenvalue weighted by Gasteiger charge is 2.20. The third-order valence-corrected chi connectivity index (χ3v) is 11.0. The summed E-state index contributed by atoms with van der Waals surface area (Å²) in [7, 11) is 0. The Morgan fingerprint density at radius 2 is 0.855 bits per heavy atom. The summed E-state index contributed by atoms with van der Waals surface area (Å²) >= 11 is 0. The molecule has 55 heavy (non-hydrogen) atoms. The number of aromatic nitrogens is 3. The van der Waals surface area contributed by atoms with Crippen LogP contribution in [0.1, 0.15) is 11.1 Å². The lowest BCUT2D eigenvalue weighted by Gasteiger charge is -2.14. The average molecular weight is 700 g/mol. The molecule has 0 aliphatic rings. The van der Waals surface area contributed by atoms with E-state index in [1.165, 1.54) is 10.8 Å². The summed E-state index contributed by atoms with van der Waals surface area (Å²) in [5.41, 5.74) is 12.9. The van der Waals surface area contributed by atoms with Gasteiger partial charge in [-0.05, 0) is 96.1 Å². The molecule has 3 heterocycles. The second-order valence-corrected chi connectivity index (χ2v) is 14.0. The van der Waals surface area contributed by atoms with Crippen LogP contribution in [0.3, 0.4) is 0 Å². The minimum Gasteiger partial charge on any atom is -0.309 e. The summed E-state index contributed by atoms with van der Waals surface area (Å²) in [5, 5.41) is 26.9. The van der Waals surface area contributed by atoms with Crippen LogP contribution in [0.5, 0.6) is 0 Å². The Morgan fingerprint density at radius 1 is 0.327 bits per heavy atom. The van der Waals surface area contributed by atoms with Crippen LogP contribution in [-0.2, 0) is 0 Å². The van der Waals surface area contributed by atoms with E-state index in [0.717, 1.165) is 82.8 Å². The topological polar surface area (TPSA) is 62.4 Å². The van der Waals surface area contributed by atoms with Crippen LogP contribution in [-0.4, -0.2) is 13.7 Å². The number of para-hydroxylation sites is 4. The zero-order chi connectivity index (χ0) is 36.6. The van der Waals surface area contributed by atoms with E-state index in [0.29, 0.717) is 11.1 Å². The van der Waals surface area contributed by atoms with Crippen LogP contribution in [0.15, 0.2) is 176 Å². The number of benzene rings is 8. The van der Waals surface area contributed by atoms with Gasteiger partial charge in [0.1, 0.15) is 0 Å². The molecule has 0 bridgehead atoms. The maximum atomic E-state index is 10.3. The molecule has 0 fully saturated rings. The Bertz CT molecular complexity index is 3420. The van der Waals surface area contributed by atoms with Gasteiger partial charge in [0.15, 0.2) is 0 Å². The number of nitriles is 2. The molecule has 0 amide bonds. The number of rotatable bonds is 4. The highest BCUT2D eigenvalue weighted by Crippen LogP contribution is 2.41. The molecule has 0 spiro atoms. The first-order valence-corrected chi connectivity index (χ1v) is 18.3. The molecule has 11 rings (SSSR count). The van der Waals surface area contributed by atoms with Crippen molar-refractivity contribution in [2.24, 2.45) is 0 Å². The summed E-state index contributed by atoms with van der Waals surface area (Å²) in [6.07, 6.45) is 0. The molecular formula is C50H29N5. The molecule has 0 radical (unpaired) electrons. The monoisotopic (exact) mass is 699 g/mol. The lowest BCUT2D eigenvalue weighted by Crippen LogP contribution is -1.98. The fourth-order valence-corrected chi connectivity index (χ4v) is 8.76. The third kappa shape index (κ3) is 4.51. The van der Waals surface area contributed by atoms with E-state index < -0.39 is 0 Å². The number of fused-ring (bicyclic) bond motifs is 9. The molecule has 5 heteroatoms. The molecule has 3 aromatic heterocycles. The van der Waals surface area contributed by atoms with Gasteiger partial charge in [-0.25, -0.2) is 0 Å². The first-order valence-electron chi connectivity index (χ1n) is 18.3. The molecule has 5 nitrogen and oxygen atoms in total. The normalized spacial score (nSPS) is 11.6. The van der Waals surface area contributed by atoms with Crippen molar-refractivity contribution in [3.8, 4) is 40.3 Å². The van der Waals surface area contributed by atoms with Crippen molar-refractivity contribution < 1.29 is 0 Å². The molecule has 0 aliphatic heterocycles. The van der Waals surface area contributed by atoms with Crippen LogP contribution in [0.25, 0.3) is 93.6 Å². The van der Waals surface area contributed by atoms with Gasteiger partial charge in [0, 0.05) is 43.7 Å². The van der Waals surface area contributed by atoms with Crippen LogP contribution in [0.4, 0.5) is 0 Å². The Labute approximate surface area is 316 Å². The molecule has 0 saturated heterocycles. The van der Waals surface area contributed by atoms with Crippen molar-refractivity contribution in [1.29, 1.82) is 10.5 Å². The predicted molar refractivity (Wildman–Crippen MR) is 224 cm³/mol. The first kappa shape index (κ1) is 30.7. The van der Waals surface area contributed by atoms with Crippen LogP contribution < -0.4 is 0 Å². The van der Waals surface area contributed by atoms with Crippen molar-refractivity contribution in [2.45, 2.75) is 0 Å². The lowest BCUT2D eigenvalue weighted by atomic mass is 10.0. The van der Waals surface area contributed by atoms with E-state index in [1.54, 1.807) is 0 Å². The maximum absolute atomic E-state index is 10.3. The van der Waals surface area contributed by atoms with E-state index >= 15 is 0 Å². The summed E-state index contributed by atoms with van der Waals surface area (Å²) in [5.74, 6) is 0. The van der Waals surface area contributed by atoms with Gasteiger partial charge in [-0.1, -0.05) is 91.0 Å². The van der Waals surface area contributed by atoms with Gasteiger partial charge in [0.05, 0.1) is 62.1 Å². The van der Waals surface area contributed by atoms with Crippen molar-refractivity contribution in [3.63, 3.8) is 0 Å². The first-order chi connectivity index (χ1) is 27.2. The van der Waals surface area contributed by atoms with E-state index in [2.05, 4.69) is 177 Å². The Hall–Kier alpha value is -7.86. The molecule has 8 aromatic carbocycles. The number of hydrogen-bond donors (Lipinski definition) is 0. The summed E-state index contributed by atoms with van der Waals surface area (Å²) in [6.45, 7) is 0. The smallest absolute Gasteiger partial charge is 0.0992 e. The highest BCUT2D eigenvalue weighted by atomic mass is 15.0. The molecular weight excluding hydrogens is 671 g/mol. The van der Waals surface area contributed by atoms with Gasteiger partial charge in [0.25, 0.3) is 0 Å². The second kappa shape index (κ2) is 11.8. The van der Waals surface area contributed by atoms with Gasteiger partial charge >= 0.3 is 0 Å². The number of nitrogens with zero attached hydrogens (tertiary/aromatic N) is 5. The van der Waals surface area contributed by atoms with Crippen LogP contribution in [0.2, 0.25) is 0 Å². The lowest BCUT2D eigenvalue weighted by molar-refractivity contribution is 1.17. The van der Waals surface area contributed by atoms with Gasteiger partial charge in [0.2, 0.25) is 0 Å². The van der Waals surface area contributed by atoms with E-state index in [9.17, 15) is 10.5 Å². The third-order valence-electron chi connectivity index (χ3n) is 11.0. The van der Waals surface area contributed by atoms with Gasteiger partial charge in [-0.2, -0.15) is 10.5 Å². The zero-order valence-corrected chi connectivity index (χ0v) is 29.5. The standard InChI is InChI=1S/C50H29N5/c51-30-32-23-24-47-42(27-32)40-15-3-7-19-45(40)55(47)49-22-10-21-48-50(49)41-16-4-8-20-46(41)53(48)36-12-9-11-34(28-36)35-25-33(31-52)26-37(29-35)54-43-17-5-1-13-38(43)39-14-2-6-18-44(39)54/h1-29H. The fourth-order valence-electron chi connectivity index (χ4n) is 8.76. The Kier molecular flexibility index (Phi) is 6.61. The van der Waals surface area contributed by atoms with E-state index in [-0.39, 0.29) is 0 Å². The highest BCUT2D eigenvalue weighted by molar-refractivity contribution is 6.16. The predicted octanol–water partition coefficient (Wildman–Crippen LogP) is 12.4. The maximum Gasteiger partial charge on any atom is 0.0992 e. The number of hydrogen-bond acceptors (Lipinski definition) is 2. The molecule has 0 saturated carbocycles. The minimum absolute atomic E-state index is 0.606. The molecule has 0 N–H and O–H groups in total. The molecule has 11 aromatic rings. The Morgan fingerprint density at radius 3 is 1.55 bits per heavy atom. The molecule has 0 aliphatic carbocycles. The minimum atomic E-state index is 0.606. The Balaban J connectivity index is 1.13. The van der Waals surface area contributed by atoms with E-state index in [4.69, 9.17) is 0 Å². The van der Waals surface area contributed by atoms with Crippen molar-refractivity contribution >= 4 is 65.4 Å². The summed E-state index contributed by atoms with van der Waals surface area (Å²) < 4.78 is 6.95. The molecule has 254 valence electrons. The summed E-state index contributed by atoms with van der Waals surface area (Å²) in [6, 6.07) is 66.0. The quantitative estimate of drug-likeness (QED) is 0.184. The second-order valence-electron chi connectivity index (χ2n) is 14.0. The fraction of sp³-hybridized carbons (Fsp3) is 0.